The lowest BCUT2D eigenvalue weighted by molar-refractivity contribution is -0.0351. The van der Waals surface area contributed by atoms with Crippen molar-refractivity contribution < 1.29 is 9.84 Å². The molecule has 4 heteroatoms. The predicted molar refractivity (Wildman–Crippen MR) is 86.5 cm³/mol. The number of likely N-dealkylation sites (tertiary alicyclic amines) is 1. The van der Waals surface area contributed by atoms with Gasteiger partial charge in [-0.1, -0.05) is 13.8 Å². The van der Waals surface area contributed by atoms with Crippen LogP contribution in [0.25, 0.3) is 0 Å². The Balaban J connectivity index is 1.87. The molecule has 0 aliphatic carbocycles. The van der Waals surface area contributed by atoms with E-state index in [1.807, 2.05) is 6.92 Å². The van der Waals surface area contributed by atoms with Crippen molar-refractivity contribution in [3.05, 3.63) is 0 Å². The van der Waals surface area contributed by atoms with E-state index in [1.54, 1.807) is 0 Å². The summed E-state index contributed by atoms with van der Waals surface area (Å²) >= 11 is 0. The third-order valence-corrected chi connectivity index (χ3v) is 5.16. The van der Waals surface area contributed by atoms with Crippen LogP contribution in [0, 0.1) is 11.3 Å². The highest BCUT2D eigenvalue weighted by molar-refractivity contribution is 4.89. The summed E-state index contributed by atoms with van der Waals surface area (Å²) in [5.74, 6) is 0.494. The normalized spacial score (nSPS) is 30.7. The Kier molecular flexibility index (Phi) is 6.48. The molecule has 0 saturated carbocycles. The Morgan fingerprint density at radius 3 is 2.52 bits per heavy atom. The van der Waals surface area contributed by atoms with Crippen LogP contribution in [0.1, 0.15) is 46.5 Å². The molecule has 0 amide bonds. The fourth-order valence-electron chi connectivity index (χ4n) is 3.72. The summed E-state index contributed by atoms with van der Waals surface area (Å²) in [6.45, 7) is 12.6. The first kappa shape index (κ1) is 17.2. The van der Waals surface area contributed by atoms with E-state index in [4.69, 9.17) is 4.74 Å². The number of aliphatic hydroxyl groups is 1. The molecule has 21 heavy (non-hydrogen) atoms. The maximum atomic E-state index is 9.73. The highest BCUT2D eigenvalue weighted by Gasteiger charge is 2.36. The molecular weight excluding hydrogens is 264 g/mol. The number of nitrogens with one attached hydrogen (secondary N) is 1. The molecule has 2 unspecified atom stereocenters. The van der Waals surface area contributed by atoms with Crippen molar-refractivity contribution in [1.29, 1.82) is 0 Å². The summed E-state index contributed by atoms with van der Waals surface area (Å²) in [5.41, 5.74) is 0.278. The summed E-state index contributed by atoms with van der Waals surface area (Å²) in [7, 11) is 0. The van der Waals surface area contributed by atoms with Gasteiger partial charge in [0, 0.05) is 31.2 Å². The molecule has 0 aromatic heterocycles. The molecule has 2 aliphatic heterocycles. The molecule has 0 bridgehead atoms. The maximum Gasteiger partial charge on any atom is 0.0546 e. The molecule has 2 fully saturated rings. The van der Waals surface area contributed by atoms with Crippen LogP contribution in [0.4, 0.5) is 0 Å². The number of piperidine rings is 1. The Morgan fingerprint density at radius 1 is 1.29 bits per heavy atom. The van der Waals surface area contributed by atoms with Gasteiger partial charge in [-0.25, -0.2) is 0 Å². The van der Waals surface area contributed by atoms with Crippen LogP contribution in [-0.2, 0) is 4.74 Å². The van der Waals surface area contributed by atoms with Crippen molar-refractivity contribution in [3.63, 3.8) is 0 Å². The zero-order valence-corrected chi connectivity index (χ0v) is 14.1. The highest BCUT2D eigenvalue weighted by Crippen LogP contribution is 2.31. The lowest BCUT2D eigenvalue weighted by atomic mass is 9.80. The zero-order valence-electron chi connectivity index (χ0n) is 14.1. The number of aliphatic hydroxyl groups excluding tert-OH is 1. The Morgan fingerprint density at radius 2 is 2.00 bits per heavy atom. The van der Waals surface area contributed by atoms with E-state index in [9.17, 15) is 5.11 Å². The van der Waals surface area contributed by atoms with Crippen LogP contribution in [0.3, 0.4) is 0 Å². The van der Waals surface area contributed by atoms with E-state index >= 15 is 0 Å². The van der Waals surface area contributed by atoms with Crippen LogP contribution in [-0.4, -0.2) is 61.5 Å². The second kappa shape index (κ2) is 7.91. The minimum Gasteiger partial charge on any atom is -0.393 e. The van der Waals surface area contributed by atoms with Crippen LogP contribution < -0.4 is 5.32 Å². The molecule has 2 rings (SSSR count). The Hall–Kier alpha value is -0.160. The molecule has 2 atom stereocenters. The second-order valence-corrected chi connectivity index (χ2v) is 7.55. The summed E-state index contributed by atoms with van der Waals surface area (Å²) in [5, 5.41) is 13.4. The van der Waals surface area contributed by atoms with Crippen molar-refractivity contribution in [2.45, 2.75) is 58.6 Å². The van der Waals surface area contributed by atoms with Gasteiger partial charge >= 0.3 is 0 Å². The third-order valence-electron chi connectivity index (χ3n) is 5.16. The van der Waals surface area contributed by atoms with E-state index in [-0.39, 0.29) is 11.5 Å². The monoisotopic (exact) mass is 298 g/mol. The third kappa shape index (κ3) is 5.20. The topological polar surface area (TPSA) is 44.7 Å². The largest absolute Gasteiger partial charge is 0.393 e. The molecule has 2 N–H and O–H groups in total. The zero-order chi connectivity index (χ0) is 15.3. The summed E-state index contributed by atoms with van der Waals surface area (Å²) in [6, 6.07) is 0.532. The molecule has 2 saturated heterocycles. The predicted octanol–water partition coefficient (Wildman–Crippen LogP) is 1.87. The van der Waals surface area contributed by atoms with Gasteiger partial charge in [-0.3, -0.25) is 0 Å². The van der Waals surface area contributed by atoms with Crippen molar-refractivity contribution in [1.82, 2.24) is 10.2 Å². The molecular formula is C17H34N2O2. The molecule has 0 aromatic carbocycles. The quantitative estimate of drug-likeness (QED) is 0.786. The first-order valence-electron chi connectivity index (χ1n) is 8.72. The van der Waals surface area contributed by atoms with Gasteiger partial charge in [0.05, 0.1) is 12.7 Å². The lowest BCUT2D eigenvalue weighted by Gasteiger charge is -2.43. The molecule has 4 nitrogen and oxygen atoms in total. The Labute approximate surface area is 130 Å². The lowest BCUT2D eigenvalue weighted by Crippen LogP contribution is -2.51. The van der Waals surface area contributed by atoms with Crippen LogP contribution in [0.15, 0.2) is 0 Å². The number of rotatable bonds is 6. The van der Waals surface area contributed by atoms with Crippen molar-refractivity contribution in [2.24, 2.45) is 11.3 Å². The SMILES string of the molecule is CC(C)NCC1(CN2CCC(C(C)O)CC2)CCCOC1. The van der Waals surface area contributed by atoms with Crippen molar-refractivity contribution in [2.75, 3.05) is 39.4 Å². The van der Waals surface area contributed by atoms with E-state index in [1.165, 1.54) is 12.8 Å². The number of ether oxygens (including phenoxy) is 1. The minimum absolute atomic E-state index is 0.151. The average Bonchev–Trinajstić information content (AvgIpc) is 2.47. The summed E-state index contributed by atoms with van der Waals surface area (Å²) < 4.78 is 5.81. The van der Waals surface area contributed by atoms with Gasteiger partial charge in [0.15, 0.2) is 0 Å². The fourth-order valence-corrected chi connectivity index (χ4v) is 3.72. The van der Waals surface area contributed by atoms with Gasteiger partial charge < -0.3 is 20.1 Å². The molecule has 0 radical (unpaired) electrons. The fraction of sp³-hybridized carbons (Fsp3) is 1.00. The number of nitrogens with zero attached hydrogens (tertiary/aromatic N) is 1. The molecule has 2 heterocycles. The molecule has 0 spiro atoms. The van der Waals surface area contributed by atoms with Gasteiger partial charge in [-0.2, -0.15) is 0 Å². The summed E-state index contributed by atoms with van der Waals surface area (Å²) in [4.78, 5) is 2.59. The second-order valence-electron chi connectivity index (χ2n) is 7.55. The van der Waals surface area contributed by atoms with E-state index in [0.717, 1.165) is 52.2 Å². The standard InChI is InChI=1S/C17H34N2O2/c1-14(2)18-11-17(7-4-10-21-13-17)12-19-8-5-16(6-9-19)15(3)20/h14-16,18,20H,4-13H2,1-3H3. The van der Waals surface area contributed by atoms with Crippen molar-refractivity contribution in [3.8, 4) is 0 Å². The van der Waals surface area contributed by atoms with Gasteiger partial charge in [0.25, 0.3) is 0 Å². The van der Waals surface area contributed by atoms with Gasteiger partial charge in [-0.05, 0) is 51.6 Å². The van der Waals surface area contributed by atoms with Gasteiger partial charge in [0.1, 0.15) is 0 Å². The molecule has 124 valence electrons. The smallest absolute Gasteiger partial charge is 0.0546 e. The number of hydrogen-bond acceptors (Lipinski definition) is 4. The maximum absolute atomic E-state index is 9.73. The van der Waals surface area contributed by atoms with Gasteiger partial charge in [-0.15, -0.1) is 0 Å². The first-order valence-corrected chi connectivity index (χ1v) is 8.72. The first-order chi connectivity index (χ1) is 10.0. The van der Waals surface area contributed by atoms with E-state index in [2.05, 4.69) is 24.1 Å². The van der Waals surface area contributed by atoms with Crippen LogP contribution in [0.5, 0.6) is 0 Å². The van der Waals surface area contributed by atoms with Gasteiger partial charge in [0.2, 0.25) is 0 Å². The van der Waals surface area contributed by atoms with Crippen LogP contribution in [0.2, 0.25) is 0 Å². The minimum atomic E-state index is -0.151. The average molecular weight is 298 g/mol. The van der Waals surface area contributed by atoms with E-state index in [0.29, 0.717) is 12.0 Å². The van der Waals surface area contributed by atoms with Crippen LogP contribution >= 0.6 is 0 Å². The Bertz CT molecular complexity index is 293. The molecule has 2 aliphatic rings. The van der Waals surface area contributed by atoms with Crippen molar-refractivity contribution >= 4 is 0 Å². The molecule has 0 aromatic rings. The number of hydrogen-bond donors (Lipinski definition) is 2. The summed E-state index contributed by atoms with van der Waals surface area (Å²) in [6.07, 6.45) is 4.56. The van der Waals surface area contributed by atoms with E-state index < -0.39 is 0 Å². The highest BCUT2D eigenvalue weighted by atomic mass is 16.5.